The van der Waals surface area contributed by atoms with Gasteiger partial charge < -0.3 is 5.32 Å². The first-order valence-corrected chi connectivity index (χ1v) is 6.63. The third kappa shape index (κ3) is 3.23. The van der Waals surface area contributed by atoms with E-state index in [9.17, 15) is 0 Å². The minimum Gasteiger partial charge on any atom is -0.314 e. The van der Waals surface area contributed by atoms with Crippen molar-refractivity contribution in [1.29, 1.82) is 0 Å². The summed E-state index contributed by atoms with van der Waals surface area (Å²) >= 11 is 6.00. The molecule has 1 aliphatic carbocycles. The molecule has 0 saturated heterocycles. The second-order valence-electron chi connectivity index (χ2n) is 4.77. The summed E-state index contributed by atoms with van der Waals surface area (Å²) in [7, 11) is 0. The van der Waals surface area contributed by atoms with E-state index >= 15 is 0 Å². The summed E-state index contributed by atoms with van der Waals surface area (Å²) < 4.78 is 0. The fraction of sp³-hybridized carbons (Fsp3) is 0.571. The van der Waals surface area contributed by atoms with E-state index in [1.54, 1.807) is 0 Å². The molecule has 0 aliphatic heterocycles. The third-order valence-corrected chi connectivity index (χ3v) is 3.68. The normalized spacial score (nSPS) is 24.9. The maximum atomic E-state index is 6.00. The van der Waals surface area contributed by atoms with Crippen molar-refractivity contribution in [3.63, 3.8) is 0 Å². The van der Waals surface area contributed by atoms with Gasteiger partial charge in [0.2, 0.25) is 0 Å². The summed E-state index contributed by atoms with van der Waals surface area (Å²) in [6, 6.07) is 9.03. The van der Waals surface area contributed by atoms with Gasteiger partial charge in [-0.1, -0.05) is 30.7 Å². The highest BCUT2D eigenvalue weighted by molar-refractivity contribution is 6.30. The predicted molar refractivity (Wildman–Crippen MR) is 70.0 cm³/mol. The van der Waals surface area contributed by atoms with Gasteiger partial charge in [0.1, 0.15) is 0 Å². The highest BCUT2D eigenvalue weighted by Gasteiger charge is 2.23. The lowest BCUT2D eigenvalue weighted by Crippen LogP contribution is -2.25. The minimum absolute atomic E-state index is 0.745. The lowest BCUT2D eigenvalue weighted by Gasteiger charge is -2.12. The molecule has 1 saturated carbocycles. The first-order chi connectivity index (χ1) is 7.78. The molecule has 1 aromatic carbocycles. The molecule has 1 aromatic rings. The first-order valence-electron chi connectivity index (χ1n) is 6.25. The number of rotatable bonds is 4. The number of hydrogen-bond acceptors (Lipinski definition) is 1. The molecule has 2 heteroatoms. The van der Waals surface area contributed by atoms with Crippen molar-refractivity contribution in [3.8, 4) is 0 Å². The average molecular weight is 238 g/mol. The molecule has 0 aromatic heterocycles. The third-order valence-electron chi connectivity index (χ3n) is 3.45. The molecule has 1 nitrogen and oxygen atoms in total. The fourth-order valence-corrected chi connectivity index (χ4v) is 2.94. The quantitative estimate of drug-likeness (QED) is 0.843. The van der Waals surface area contributed by atoms with E-state index in [4.69, 9.17) is 11.6 Å². The molecule has 0 bridgehead atoms. The lowest BCUT2D eigenvalue weighted by atomic mass is 9.98. The number of nitrogens with one attached hydrogen (secondary N) is 1. The van der Waals surface area contributed by atoms with E-state index in [1.165, 1.54) is 31.2 Å². The zero-order valence-electron chi connectivity index (χ0n) is 9.88. The second-order valence-corrected chi connectivity index (χ2v) is 5.20. The number of benzene rings is 1. The molecule has 88 valence electrons. The Hall–Kier alpha value is -0.530. The van der Waals surface area contributed by atoms with Crippen molar-refractivity contribution in [3.05, 3.63) is 34.9 Å². The fourth-order valence-electron chi connectivity index (χ4n) is 2.73. The summed E-state index contributed by atoms with van der Waals surface area (Å²) in [5.74, 6) is 0.836. The van der Waals surface area contributed by atoms with Crippen LogP contribution in [0.2, 0.25) is 5.02 Å². The molecule has 0 radical (unpaired) electrons. The molecule has 2 unspecified atom stereocenters. The summed E-state index contributed by atoms with van der Waals surface area (Å²) in [5.41, 5.74) is 1.38. The van der Waals surface area contributed by atoms with Crippen molar-refractivity contribution >= 4 is 11.6 Å². The van der Waals surface area contributed by atoms with E-state index in [-0.39, 0.29) is 0 Å². The van der Waals surface area contributed by atoms with Gasteiger partial charge in [-0.3, -0.25) is 0 Å². The van der Waals surface area contributed by atoms with Crippen LogP contribution in [-0.4, -0.2) is 12.6 Å². The van der Waals surface area contributed by atoms with Crippen molar-refractivity contribution in [2.75, 3.05) is 6.54 Å². The lowest BCUT2D eigenvalue weighted by molar-refractivity contribution is 0.493. The molecule has 16 heavy (non-hydrogen) atoms. The van der Waals surface area contributed by atoms with Crippen LogP contribution in [0.25, 0.3) is 0 Å². The molecular weight excluding hydrogens is 218 g/mol. The van der Waals surface area contributed by atoms with Crippen molar-refractivity contribution in [2.24, 2.45) is 5.92 Å². The summed E-state index contributed by atoms with van der Waals surface area (Å²) in [6.45, 7) is 3.28. The molecule has 1 fully saturated rings. The molecular formula is C14H20ClN. The van der Waals surface area contributed by atoms with Gasteiger partial charge in [-0.2, -0.15) is 0 Å². The van der Waals surface area contributed by atoms with E-state index < -0.39 is 0 Å². The molecule has 0 spiro atoms. The predicted octanol–water partition coefficient (Wildman–Crippen LogP) is 3.66. The van der Waals surface area contributed by atoms with E-state index in [2.05, 4.69) is 24.4 Å². The molecule has 2 atom stereocenters. The molecule has 2 rings (SSSR count). The van der Waals surface area contributed by atoms with Crippen LogP contribution in [0.3, 0.4) is 0 Å². The van der Waals surface area contributed by atoms with Gasteiger partial charge in [0.25, 0.3) is 0 Å². The summed E-state index contributed by atoms with van der Waals surface area (Å²) in [4.78, 5) is 0. The van der Waals surface area contributed by atoms with E-state index in [1.807, 2.05) is 12.1 Å². The largest absolute Gasteiger partial charge is 0.314 e. The van der Waals surface area contributed by atoms with Gasteiger partial charge in [0.15, 0.2) is 0 Å². The van der Waals surface area contributed by atoms with Crippen LogP contribution in [0.15, 0.2) is 24.3 Å². The Kier molecular flexibility index (Phi) is 4.25. The van der Waals surface area contributed by atoms with Gasteiger partial charge in [0.05, 0.1) is 0 Å². The van der Waals surface area contributed by atoms with Crippen LogP contribution in [0, 0.1) is 5.92 Å². The van der Waals surface area contributed by atoms with Gasteiger partial charge in [-0.05, 0) is 55.8 Å². The van der Waals surface area contributed by atoms with E-state index in [0.29, 0.717) is 0 Å². The number of halogens is 1. The Morgan fingerprint density at radius 2 is 2.25 bits per heavy atom. The first kappa shape index (κ1) is 11.9. The van der Waals surface area contributed by atoms with Crippen LogP contribution in [0.4, 0.5) is 0 Å². The molecule has 1 aliphatic rings. The van der Waals surface area contributed by atoms with Crippen molar-refractivity contribution in [1.82, 2.24) is 5.32 Å². The summed E-state index contributed by atoms with van der Waals surface area (Å²) in [5, 5.41) is 4.41. The number of hydrogen-bond donors (Lipinski definition) is 1. The standard InChI is InChI=1S/C14H20ClN/c1-2-16-14-7-6-12(10-14)8-11-4-3-5-13(15)9-11/h3-5,9,12,14,16H,2,6-8,10H2,1H3. The van der Waals surface area contributed by atoms with Crippen molar-refractivity contribution in [2.45, 2.75) is 38.6 Å². The van der Waals surface area contributed by atoms with Crippen LogP contribution in [0.1, 0.15) is 31.7 Å². The molecule has 0 heterocycles. The average Bonchev–Trinajstić information content (AvgIpc) is 2.66. The Bertz CT molecular complexity index is 337. The van der Waals surface area contributed by atoms with Gasteiger partial charge in [-0.15, -0.1) is 0 Å². The molecule has 1 N–H and O–H groups in total. The monoisotopic (exact) mass is 237 g/mol. The Morgan fingerprint density at radius 3 is 3.00 bits per heavy atom. The Morgan fingerprint density at radius 1 is 1.38 bits per heavy atom. The van der Waals surface area contributed by atoms with Crippen molar-refractivity contribution < 1.29 is 0 Å². The van der Waals surface area contributed by atoms with Gasteiger partial charge in [0, 0.05) is 11.1 Å². The minimum atomic E-state index is 0.745. The smallest absolute Gasteiger partial charge is 0.0408 e. The zero-order chi connectivity index (χ0) is 11.4. The molecule has 0 amide bonds. The van der Waals surface area contributed by atoms with Crippen LogP contribution in [0.5, 0.6) is 0 Å². The zero-order valence-corrected chi connectivity index (χ0v) is 10.6. The van der Waals surface area contributed by atoms with Crippen LogP contribution < -0.4 is 5.32 Å². The topological polar surface area (TPSA) is 12.0 Å². The van der Waals surface area contributed by atoms with Crippen LogP contribution >= 0.6 is 11.6 Å². The maximum Gasteiger partial charge on any atom is 0.0408 e. The highest BCUT2D eigenvalue weighted by atomic mass is 35.5. The van der Waals surface area contributed by atoms with Crippen LogP contribution in [-0.2, 0) is 6.42 Å². The Balaban J connectivity index is 1.87. The maximum absolute atomic E-state index is 6.00. The summed E-state index contributed by atoms with van der Waals surface area (Å²) in [6.07, 6.45) is 5.19. The SMILES string of the molecule is CCNC1CCC(Cc2cccc(Cl)c2)C1. The van der Waals surface area contributed by atoms with Gasteiger partial charge in [-0.25, -0.2) is 0 Å². The highest BCUT2D eigenvalue weighted by Crippen LogP contribution is 2.29. The van der Waals surface area contributed by atoms with E-state index in [0.717, 1.165) is 23.5 Å². The second kappa shape index (κ2) is 5.70. The van der Waals surface area contributed by atoms with Gasteiger partial charge >= 0.3 is 0 Å². The Labute approximate surface area is 103 Å².